The van der Waals surface area contributed by atoms with Gasteiger partial charge in [0.1, 0.15) is 0 Å². The fraction of sp³-hybridized carbons (Fsp3) is 0.333. The summed E-state index contributed by atoms with van der Waals surface area (Å²) in [6.07, 6.45) is 3.47. The van der Waals surface area contributed by atoms with Crippen LogP contribution >= 0.6 is 11.8 Å². The highest BCUT2D eigenvalue weighted by Gasteiger charge is 2.20. The van der Waals surface area contributed by atoms with Gasteiger partial charge in [0.15, 0.2) is 11.0 Å². The van der Waals surface area contributed by atoms with Crippen LogP contribution in [0.5, 0.6) is 0 Å². The lowest BCUT2D eigenvalue weighted by molar-refractivity contribution is -0.120. The van der Waals surface area contributed by atoms with E-state index < -0.39 is 0 Å². The Kier molecular flexibility index (Phi) is 6.81. The van der Waals surface area contributed by atoms with Gasteiger partial charge in [-0.05, 0) is 37.5 Å². The Hall–Kier alpha value is -2.67. The van der Waals surface area contributed by atoms with Gasteiger partial charge in [0.25, 0.3) is 0 Å². The van der Waals surface area contributed by atoms with Crippen LogP contribution in [0.25, 0.3) is 11.4 Å². The third-order valence-corrected chi connectivity index (χ3v) is 5.65. The number of hydrogen-bond donors (Lipinski definition) is 1. The van der Waals surface area contributed by atoms with Crippen molar-refractivity contribution in [3.8, 4) is 11.4 Å². The minimum absolute atomic E-state index is 0.00361. The Bertz CT molecular complexity index is 898. The molecule has 2 heterocycles. The Morgan fingerprint density at radius 2 is 1.82 bits per heavy atom. The van der Waals surface area contributed by atoms with Crippen molar-refractivity contribution in [1.82, 2.24) is 25.1 Å². The Morgan fingerprint density at radius 3 is 2.50 bits per heavy atom. The summed E-state index contributed by atoms with van der Waals surface area (Å²) < 4.78 is 2.02. The van der Waals surface area contributed by atoms with Gasteiger partial charge in [-0.2, -0.15) is 0 Å². The summed E-state index contributed by atoms with van der Waals surface area (Å²) >= 11 is 1.43. The highest BCUT2D eigenvalue weighted by atomic mass is 32.2. The number of benzene rings is 1. The SMILES string of the molecule is CCn1c(SC(C)C(=O)NCC(C)c2ccccc2)nnc1-c1ccncc1. The van der Waals surface area contributed by atoms with Gasteiger partial charge < -0.3 is 9.88 Å². The molecule has 0 saturated heterocycles. The van der Waals surface area contributed by atoms with Gasteiger partial charge in [-0.3, -0.25) is 9.78 Å². The average Bonchev–Trinajstić information content (AvgIpc) is 3.15. The second-order valence-electron chi connectivity index (χ2n) is 6.60. The lowest BCUT2D eigenvalue weighted by Crippen LogP contribution is -2.33. The topological polar surface area (TPSA) is 72.7 Å². The predicted octanol–water partition coefficient (Wildman–Crippen LogP) is 3.76. The summed E-state index contributed by atoms with van der Waals surface area (Å²) in [7, 11) is 0. The van der Waals surface area contributed by atoms with Crippen LogP contribution in [-0.4, -0.2) is 37.5 Å². The maximum Gasteiger partial charge on any atom is 0.233 e. The van der Waals surface area contributed by atoms with E-state index in [1.54, 1.807) is 12.4 Å². The fourth-order valence-corrected chi connectivity index (χ4v) is 3.82. The van der Waals surface area contributed by atoms with Crippen LogP contribution in [0.2, 0.25) is 0 Å². The molecule has 0 fully saturated rings. The molecular weight excluding hydrogens is 370 g/mol. The minimum Gasteiger partial charge on any atom is -0.355 e. The van der Waals surface area contributed by atoms with Gasteiger partial charge in [0, 0.05) is 31.0 Å². The van der Waals surface area contributed by atoms with Gasteiger partial charge in [-0.1, -0.05) is 49.0 Å². The summed E-state index contributed by atoms with van der Waals surface area (Å²) in [5.41, 5.74) is 2.18. The van der Waals surface area contributed by atoms with E-state index in [1.165, 1.54) is 17.3 Å². The minimum atomic E-state index is -0.261. The van der Waals surface area contributed by atoms with Crippen LogP contribution in [0.1, 0.15) is 32.3 Å². The first-order chi connectivity index (χ1) is 13.6. The number of aromatic nitrogens is 4. The third kappa shape index (κ3) is 4.78. The molecule has 2 atom stereocenters. The first kappa shape index (κ1) is 20.1. The number of carbonyl (C=O) groups excluding carboxylic acids is 1. The summed E-state index contributed by atoms with van der Waals surface area (Å²) in [4.78, 5) is 16.6. The van der Waals surface area contributed by atoms with Crippen molar-refractivity contribution < 1.29 is 4.79 Å². The van der Waals surface area contributed by atoms with E-state index in [4.69, 9.17) is 0 Å². The quantitative estimate of drug-likeness (QED) is 0.588. The molecule has 0 spiro atoms. The van der Waals surface area contributed by atoms with E-state index >= 15 is 0 Å². The van der Waals surface area contributed by atoms with E-state index in [0.717, 1.165) is 23.1 Å². The first-order valence-corrected chi connectivity index (χ1v) is 10.3. The second kappa shape index (κ2) is 9.50. The fourth-order valence-electron chi connectivity index (χ4n) is 2.88. The molecule has 0 aliphatic rings. The molecule has 2 aromatic heterocycles. The maximum absolute atomic E-state index is 12.6. The van der Waals surface area contributed by atoms with Crippen molar-refractivity contribution >= 4 is 17.7 Å². The number of carbonyl (C=O) groups is 1. The predicted molar refractivity (Wildman–Crippen MR) is 112 cm³/mol. The van der Waals surface area contributed by atoms with Crippen molar-refractivity contribution in [2.45, 2.75) is 43.6 Å². The molecule has 28 heavy (non-hydrogen) atoms. The molecule has 0 bridgehead atoms. The number of thioether (sulfide) groups is 1. The summed E-state index contributed by atoms with van der Waals surface area (Å²) in [5.74, 6) is 1.06. The Labute approximate surface area is 169 Å². The smallest absolute Gasteiger partial charge is 0.233 e. The molecular formula is C21H25N5OS. The molecule has 0 aliphatic heterocycles. The van der Waals surface area contributed by atoms with Crippen LogP contribution in [0.15, 0.2) is 60.0 Å². The molecule has 3 aromatic rings. The molecule has 146 valence electrons. The molecule has 0 aliphatic carbocycles. The summed E-state index contributed by atoms with van der Waals surface area (Å²) in [6.45, 7) is 7.39. The Balaban J connectivity index is 1.62. The van der Waals surface area contributed by atoms with E-state index in [-0.39, 0.29) is 17.1 Å². The largest absolute Gasteiger partial charge is 0.355 e. The second-order valence-corrected chi connectivity index (χ2v) is 7.91. The molecule has 3 rings (SSSR count). The van der Waals surface area contributed by atoms with E-state index in [0.29, 0.717) is 6.54 Å². The third-order valence-electron chi connectivity index (χ3n) is 4.57. The summed E-state index contributed by atoms with van der Waals surface area (Å²) in [6, 6.07) is 14.0. The van der Waals surface area contributed by atoms with Gasteiger partial charge in [-0.15, -0.1) is 10.2 Å². The monoisotopic (exact) mass is 395 g/mol. The number of nitrogens with one attached hydrogen (secondary N) is 1. The zero-order valence-electron chi connectivity index (χ0n) is 16.4. The standard InChI is InChI=1S/C21H25N5OS/c1-4-26-19(18-10-12-22-13-11-18)24-25-21(26)28-16(3)20(27)23-14-15(2)17-8-6-5-7-9-17/h5-13,15-16H,4,14H2,1-3H3,(H,23,27). The molecule has 1 aromatic carbocycles. The van der Waals surface area contributed by atoms with Gasteiger partial charge in [0.05, 0.1) is 5.25 Å². The molecule has 1 amide bonds. The molecule has 6 nitrogen and oxygen atoms in total. The number of amides is 1. The van der Waals surface area contributed by atoms with Gasteiger partial charge in [-0.25, -0.2) is 0 Å². The van der Waals surface area contributed by atoms with E-state index in [9.17, 15) is 4.79 Å². The van der Waals surface area contributed by atoms with Crippen LogP contribution in [0.3, 0.4) is 0 Å². The lowest BCUT2D eigenvalue weighted by atomic mass is 10.0. The molecule has 0 saturated carbocycles. The molecule has 1 N–H and O–H groups in total. The van der Waals surface area contributed by atoms with E-state index in [2.05, 4.69) is 39.6 Å². The van der Waals surface area contributed by atoms with Crippen molar-refractivity contribution in [3.63, 3.8) is 0 Å². The maximum atomic E-state index is 12.6. The average molecular weight is 396 g/mol. The van der Waals surface area contributed by atoms with Crippen molar-refractivity contribution in [1.29, 1.82) is 0 Å². The number of hydrogen-bond acceptors (Lipinski definition) is 5. The van der Waals surface area contributed by atoms with Crippen molar-refractivity contribution in [3.05, 3.63) is 60.4 Å². The zero-order chi connectivity index (χ0) is 19.9. The normalized spacial score (nSPS) is 13.1. The summed E-state index contributed by atoms with van der Waals surface area (Å²) in [5, 5.41) is 12.2. The molecule has 2 unspecified atom stereocenters. The lowest BCUT2D eigenvalue weighted by Gasteiger charge is -2.16. The van der Waals surface area contributed by atoms with Crippen LogP contribution < -0.4 is 5.32 Å². The van der Waals surface area contributed by atoms with Gasteiger partial charge >= 0.3 is 0 Å². The van der Waals surface area contributed by atoms with Crippen molar-refractivity contribution in [2.24, 2.45) is 0 Å². The molecule has 0 radical (unpaired) electrons. The van der Waals surface area contributed by atoms with E-state index in [1.807, 2.05) is 48.7 Å². The van der Waals surface area contributed by atoms with Crippen LogP contribution in [0.4, 0.5) is 0 Å². The van der Waals surface area contributed by atoms with Crippen LogP contribution in [-0.2, 0) is 11.3 Å². The zero-order valence-corrected chi connectivity index (χ0v) is 17.2. The van der Waals surface area contributed by atoms with Gasteiger partial charge in [0.2, 0.25) is 5.91 Å². The van der Waals surface area contributed by atoms with Crippen molar-refractivity contribution in [2.75, 3.05) is 6.54 Å². The number of pyridine rings is 1. The number of rotatable bonds is 8. The highest BCUT2D eigenvalue weighted by molar-refractivity contribution is 8.00. The molecule has 7 heteroatoms. The highest BCUT2D eigenvalue weighted by Crippen LogP contribution is 2.26. The number of nitrogens with zero attached hydrogens (tertiary/aromatic N) is 4. The Morgan fingerprint density at radius 1 is 1.11 bits per heavy atom. The first-order valence-electron chi connectivity index (χ1n) is 9.43. The van der Waals surface area contributed by atoms with Crippen LogP contribution in [0, 0.1) is 0 Å².